The molecule has 0 aliphatic heterocycles. The number of halogens is 1. The number of carbonyl (C=O) groups is 1. The predicted octanol–water partition coefficient (Wildman–Crippen LogP) is 2.09. The molecule has 27 heavy (non-hydrogen) atoms. The number of ether oxygens (including phenoxy) is 2. The average molecular weight is 423 g/mol. The van der Waals surface area contributed by atoms with Gasteiger partial charge in [-0.1, -0.05) is 19.9 Å². The van der Waals surface area contributed by atoms with E-state index in [0.29, 0.717) is 24.0 Å². The molecule has 0 radical (unpaired) electrons. The largest absolute Gasteiger partial charge is 0.493 e. The van der Waals surface area contributed by atoms with E-state index in [0.717, 1.165) is 11.8 Å². The minimum Gasteiger partial charge on any atom is -0.493 e. The summed E-state index contributed by atoms with van der Waals surface area (Å²) in [6.45, 7) is 6.53. The molecule has 1 rings (SSSR count). The van der Waals surface area contributed by atoms with Gasteiger partial charge in [-0.05, 0) is 37.0 Å². The second-order valence-electron chi connectivity index (χ2n) is 6.87. The van der Waals surface area contributed by atoms with E-state index >= 15 is 0 Å². The van der Waals surface area contributed by atoms with Crippen LogP contribution in [0.25, 0.3) is 0 Å². The summed E-state index contributed by atoms with van der Waals surface area (Å²) in [6, 6.07) is 4.29. The lowest BCUT2D eigenvalue weighted by Gasteiger charge is -2.19. The molecule has 156 valence electrons. The number of hydrogen-bond acceptors (Lipinski definition) is 6. The summed E-state index contributed by atoms with van der Waals surface area (Å²) in [4.78, 5) is 12.2. The highest BCUT2D eigenvalue weighted by atomic mass is 35.5. The van der Waals surface area contributed by atoms with Crippen molar-refractivity contribution in [2.75, 3.05) is 25.7 Å². The summed E-state index contributed by atoms with van der Waals surface area (Å²) in [5, 5.41) is 2.80. The number of hydrogen-bond donors (Lipinski definition) is 2. The lowest BCUT2D eigenvalue weighted by atomic mass is 10.1. The van der Waals surface area contributed by atoms with Gasteiger partial charge in [-0.3, -0.25) is 4.79 Å². The Morgan fingerprint density at radius 3 is 2.37 bits per heavy atom. The summed E-state index contributed by atoms with van der Waals surface area (Å²) in [5.74, 6) is 1.12. The fourth-order valence-corrected chi connectivity index (χ4v) is 2.89. The maximum absolute atomic E-state index is 12.2. The monoisotopic (exact) mass is 422 g/mol. The van der Waals surface area contributed by atoms with Crippen LogP contribution in [-0.2, 0) is 14.6 Å². The van der Waals surface area contributed by atoms with Gasteiger partial charge in [0.25, 0.3) is 0 Å². The van der Waals surface area contributed by atoms with E-state index in [1.165, 1.54) is 0 Å². The van der Waals surface area contributed by atoms with Crippen LogP contribution in [0.3, 0.4) is 0 Å². The van der Waals surface area contributed by atoms with Crippen LogP contribution in [0.2, 0.25) is 0 Å². The van der Waals surface area contributed by atoms with Crippen LogP contribution in [0.5, 0.6) is 11.5 Å². The molecular formula is C18H31ClN2O5S. The highest BCUT2D eigenvalue weighted by Gasteiger charge is 2.19. The number of benzene rings is 1. The normalized spacial score (nSPS) is 13.4. The third-order valence-corrected chi connectivity index (χ3v) is 4.73. The van der Waals surface area contributed by atoms with E-state index in [-0.39, 0.29) is 36.5 Å². The van der Waals surface area contributed by atoms with Crippen molar-refractivity contribution in [3.8, 4) is 11.5 Å². The lowest BCUT2D eigenvalue weighted by molar-refractivity contribution is -0.123. The van der Waals surface area contributed by atoms with Crippen molar-refractivity contribution in [3.05, 3.63) is 23.8 Å². The summed E-state index contributed by atoms with van der Waals surface area (Å²) < 4.78 is 33.5. The number of amides is 1. The Balaban J connectivity index is 0.00000676. The molecule has 0 aliphatic rings. The minimum atomic E-state index is -3.15. The van der Waals surface area contributed by atoms with Gasteiger partial charge in [-0.15, -0.1) is 12.4 Å². The second-order valence-corrected chi connectivity index (χ2v) is 9.13. The standard InChI is InChI=1S/C18H30N2O5S.ClH/c1-12(2)11-25-16-7-6-14(10-17(16)24-4)13(3)20-18(21)15(19)8-9-26(5,22)23;/h6-7,10,12-13,15H,8-9,11,19H2,1-5H3,(H,20,21);1H. The van der Waals surface area contributed by atoms with Gasteiger partial charge in [-0.2, -0.15) is 0 Å². The first kappa shape index (κ1) is 25.5. The minimum absolute atomic E-state index is 0. The molecule has 2 unspecified atom stereocenters. The molecular weight excluding hydrogens is 392 g/mol. The Labute approximate surface area is 168 Å². The molecule has 1 aromatic rings. The molecule has 0 fully saturated rings. The summed E-state index contributed by atoms with van der Waals surface area (Å²) >= 11 is 0. The first-order valence-electron chi connectivity index (χ1n) is 8.58. The lowest BCUT2D eigenvalue weighted by Crippen LogP contribution is -2.42. The zero-order valence-electron chi connectivity index (χ0n) is 16.5. The summed E-state index contributed by atoms with van der Waals surface area (Å²) in [5.41, 5.74) is 6.61. The van der Waals surface area contributed by atoms with Crippen LogP contribution >= 0.6 is 12.4 Å². The van der Waals surface area contributed by atoms with Crippen molar-refractivity contribution in [2.24, 2.45) is 11.7 Å². The Hall–Kier alpha value is -1.51. The molecule has 0 spiro atoms. The van der Waals surface area contributed by atoms with Gasteiger partial charge >= 0.3 is 0 Å². The average Bonchev–Trinajstić information content (AvgIpc) is 2.56. The van der Waals surface area contributed by atoms with Crippen LogP contribution in [0.15, 0.2) is 18.2 Å². The summed E-state index contributed by atoms with van der Waals surface area (Å²) in [6.07, 6.45) is 1.21. The van der Waals surface area contributed by atoms with Crippen LogP contribution in [-0.4, -0.2) is 46.1 Å². The number of carbonyl (C=O) groups excluding carboxylic acids is 1. The van der Waals surface area contributed by atoms with Crippen molar-refractivity contribution in [3.63, 3.8) is 0 Å². The maximum Gasteiger partial charge on any atom is 0.237 e. The fraction of sp³-hybridized carbons (Fsp3) is 0.611. The van der Waals surface area contributed by atoms with Crippen molar-refractivity contribution >= 4 is 28.2 Å². The van der Waals surface area contributed by atoms with E-state index in [9.17, 15) is 13.2 Å². The van der Waals surface area contributed by atoms with E-state index < -0.39 is 15.9 Å². The fourth-order valence-electron chi connectivity index (χ4n) is 2.21. The molecule has 0 saturated carbocycles. The number of nitrogens with two attached hydrogens (primary N) is 1. The number of rotatable bonds is 10. The Bertz CT molecular complexity index is 710. The predicted molar refractivity (Wildman–Crippen MR) is 109 cm³/mol. The smallest absolute Gasteiger partial charge is 0.237 e. The maximum atomic E-state index is 12.2. The highest BCUT2D eigenvalue weighted by molar-refractivity contribution is 7.90. The van der Waals surface area contributed by atoms with E-state index in [2.05, 4.69) is 19.2 Å². The molecule has 2 atom stereocenters. The van der Waals surface area contributed by atoms with Crippen LogP contribution in [0, 0.1) is 5.92 Å². The van der Waals surface area contributed by atoms with Gasteiger partial charge in [0.15, 0.2) is 11.5 Å². The molecule has 3 N–H and O–H groups in total. The van der Waals surface area contributed by atoms with Gasteiger partial charge in [-0.25, -0.2) is 8.42 Å². The van der Waals surface area contributed by atoms with Crippen molar-refractivity contribution < 1.29 is 22.7 Å². The van der Waals surface area contributed by atoms with Gasteiger partial charge in [0.05, 0.1) is 31.6 Å². The molecule has 0 heterocycles. The Morgan fingerprint density at radius 1 is 1.22 bits per heavy atom. The molecule has 0 aliphatic carbocycles. The first-order valence-corrected chi connectivity index (χ1v) is 10.6. The molecule has 0 saturated heterocycles. The van der Waals surface area contributed by atoms with E-state index in [1.807, 2.05) is 25.1 Å². The van der Waals surface area contributed by atoms with Crippen LogP contribution < -0.4 is 20.5 Å². The number of nitrogens with one attached hydrogen (secondary N) is 1. The van der Waals surface area contributed by atoms with Gasteiger partial charge in [0, 0.05) is 6.26 Å². The van der Waals surface area contributed by atoms with Crippen LogP contribution in [0.4, 0.5) is 0 Å². The van der Waals surface area contributed by atoms with Crippen LogP contribution in [0.1, 0.15) is 38.8 Å². The number of methoxy groups -OCH3 is 1. The summed E-state index contributed by atoms with van der Waals surface area (Å²) in [7, 11) is -1.59. The Kier molecular flexibility index (Phi) is 10.7. The third-order valence-electron chi connectivity index (χ3n) is 3.76. The van der Waals surface area contributed by atoms with Crippen molar-refractivity contribution in [2.45, 2.75) is 39.3 Å². The molecule has 0 bridgehead atoms. The highest BCUT2D eigenvalue weighted by Crippen LogP contribution is 2.30. The van der Waals surface area contributed by atoms with Gasteiger partial charge < -0.3 is 20.5 Å². The first-order chi connectivity index (χ1) is 12.0. The zero-order chi connectivity index (χ0) is 19.9. The zero-order valence-corrected chi connectivity index (χ0v) is 18.2. The van der Waals surface area contributed by atoms with Crippen molar-refractivity contribution in [1.29, 1.82) is 0 Å². The molecule has 7 nitrogen and oxygen atoms in total. The number of sulfone groups is 1. The molecule has 1 aromatic carbocycles. The molecule has 1 amide bonds. The Morgan fingerprint density at radius 2 is 1.85 bits per heavy atom. The molecule has 0 aromatic heterocycles. The third kappa shape index (κ3) is 9.30. The van der Waals surface area contributed by atoms with Gasteiger partial charge in [0.2, 0.25) is 5.91 Å². The molecule has 9 heteroatoms. The quantitative estimate of drug-likeness (QED) is 0.597. The van der Waals surface area contributed by atoms with Crippen molar-refractivity contribution in [1.82, 2.24) is 5.32 Å². The van der Waals surface area contributed by atoms with E-state index in [1.54, 1.807) is 7.11 Å². The SMILES string of the molecule is COc1cc(C(C)NC(=O)C(N)CCS(C)(=O)=O)ccc1OCC(C)C.Cl. The second kappa shape index (κ2) is 11.4. The van der Waals surface area contributed by atoms with E-state index in [4.69, 9.17) is 15.2 Å². The van der Waals surface area contributed by atoms with Gasteiger partial charge in [0.1, 0.15) is 9.84 Å². The topological polar surface area (TPSA) is 108 Å².